The number of aromatic amines is 1. The van der Waals surface area contributed by atoms with Crippen molar-refractivity contribution in [2.24, 2.45) is 40.4 Å². The number of carboxylic acids is 1. The topological polar surface area (TPSA) is 66.0 Å². The van der Waals surface area contributed by atoms with Gasteiger partial charge < -0.3 is 5.11 Å². The summed E-state index contributed by atoms with van der Waals surface area (Å²) < 4.78 is 0. The van der Waals surface area contributed by atoms with Gasteiger partial charge in [0.05, 0.1) is 6.20 Å². The van der Waals surface area contributed by atoms with E-state index in [1.807, 2.05) is 0 Å². The molecule has 4 aliphatic rings. The summed E-state index contributed by atoms with van der Waals surface area (Å²) in [5.74, 6) is 2.85. The highest BCUT2D eigenvalue weighted by molar-refractivity contribution is 5.66. The van der Waals surface area contributed by atoms with Gasteiger partial charge in [-0.2, -0.15) is 5.10 Å². The van der Waals surface area contributed by atoms with E-state index >= 15 is 0 Å². The van der Waals surface area contributed by atoms with Gasteiger partial charge in [-0.3, -0.25) is 9.89 Å². The fraction of sp³-hybridized carbons (Fsp3) is 0.778. The molecule has 0 amide bonds. The number of nitrogens with one attached hydrogen (secondary N) is 1. The Hall–Kier alpha value is -1.58. The Balaban J connectivity index is 1.44. The SMILES string of the molecule is C[C@H](CCC(=O)O)[C@H]1CC[C@H]2[C@@H]3CC=C4C(C)(C)c5[nH]ncc5C[C@]4(C)[C@H]3CC[C@]12C. The average molecular weight is 425 g/mol. The van der Waals surface area contributed by atoms with Gasteiger partial charge in [0.1, 0.15) is 0 Å². The van der Waals surface area contributed by atoms with Gasteiger partial charge in [-0.05, 0) is 90.9 Å². The van der Waals surface area contributed by atoms with Crippen LogP contribution < -0.4 is 0 Å². The van der Waals surface area contributed by atoms with Crippen LogP contribution in [-0.4, -0.2) is 21.3 Å². The molecule has 0 radical (unpaired) electrons. The Morgan fingerprint density at radius 3 is 2.74 bits per heavy atom. The van der Waals surface area contributed by atoms with Crippen molar-refractivity contribution in [3.05, 3.63) is 29.1 Å². The van der Waals surface area contributed by atoms with E-state index in [0.717, 1.165) is 30.6 Å². The number of hydrogen-bond acceptors (Lipinski definition) is 2. The largest absolute Gasteiger partial charge is 0.481 e. The summed E-state index contributed by atoms with van der Waals surface area (Å²) in [5.41, 5.74) is 5.04. The van der Waals surface area contributed by atoms with Gasteiger partial charge in [0.25, 0.3) is 0 Å². The van der Waals surface area contributed by atoms with E-state index in [1.165, 1.54) is 43.4 Å². The Bertz CT molecular complexity index is 914. The molecule has 1 aromatic rings. The maximum absolute atomic E-state index is 11.1. The van der Waals surface area contributed by atoms with Crippen LogP contribution in [-0.2, 0) is 16.6 Å². The second-order valence-electron chi connectivity index (χ2n) is 12.4. The van der Waals surface area contributed by atoms with Crippen molar-refractivity contribution >= 4 is 5.97 Å². The van der Waals surface area contributed by atoms with Crippen LogP contribution in [0.5, 0.6) is 0 Å². The molecule has 0 aliphatic heterocycles. The van der Waals surface area contributed by atoms with Crippen LogP contribution in [0.2, 0.25) is 0 Å². The van der Waals surface area contributed by atoms with Crippen molar-refractivity contribution in [3.63, 3.8) is 0 Å². The smallest absolute Gasteiger partial charge is 0.303 e. The first-order chi connectivity index (χ1) is 14.6. The normalized spacial score (nSPS) is 41.4. The highest BCUT2D eigenvalue weighted by Gasteiger charge is 2.61. The summed E-state index contributed by atoms with van der Waals surface area (Å²) in [5, 5.41) is 16.9. The third kappa shape index (κ3) is 2.92. The van der Waals surface area contributed by atoms with Crippen molar-refractivity contribution in [3.8, 4) is 0 Å². The number of carboxylic acid groups (broad SMARTS) is 1. The van der Waals surface area contributed by atoms with Crippen molar-refractivity contribution in [1.29, 1.82) is 0 Å². The number of rotatable bonds is 4. The highest BCUT2D eigenvalue weighted by atomic mass is 16.4. The molecule has 4 aliphatic carbocycles. The van der Waals surface area contributed by atoms with Gasteiger partial charge in [0, 0.05) is 17.5 Å². The third-order valence-electron chi connectivity index (χ3n) is 10.6. The molecule has 170 valence electrons. The lowest BCUT2D eigenvalue weighted by Gasteiger charge is -2.60. The van der Waals surface area contributed by atoms with Crippen LogP contribution in [0, 0.1) is 40.4 Å². The van der Waals surface area contributed by atoms with Gasteiger partial charge in [-0.15, -0.1) is 0 Å². The van der Waals surface area contributed by atoms with E-state index in [2.05, 4.69) is 57.1 Å². The van der Waals surface area contributed by atoms with Crippen LogP contribution in [0.4, 0.5) is 0 Å². The lowest BCUT2D eigenvalue weighted by Crippen LogP contribution is -2.53. The molecule has 1 aromatic heterocycles. The maximum Gasteiger partial charge on any atom is 0.303 e. The Morgan fingerprint density at radius 1 is 1.23 bits per heavy atom. The molecule has 4 nitrogen and oxygen atoms in total. The second-order valence-corrected chi connectivity index (χ2v) is 12.4. The number of aliphatic carboxylic acids is 1. The number of aromatic nitrogens is 2. The molecule has 7 atom stereocenters. The van der Waals surface area contributed by atoms with Crippen LogP contribution in [0.1, 0.15) is 90.8 Å². The molecule has 0 bridgehead atoms. The van der Waals surface area contributed by atoms with Crippen molar-refractivity contribution in [1.82, 2.24) is 10.2 Å². The molecular weight excluding hydrogens is 384 g/mol. The van der Waals surface area contributed by atoms with Crippen molar-refractivity contribution in [2.75, 3.05) is 0 Å². The minimum atomic E-state index is -0.647. The predicted molar refractivity (Wildman–Crippen MR) is 123 cm³/mol. The number of nitrogens with zero attached hydrogens (tertiary/aromatic N) is 1. The zero-order chi connectivity index (χ0) is 22.2. The third-order valence-corrected chi connectivity index (χ3v) is 10.6. The second kappa shape index (κ2) is 6.96. The first kappa shape index (κ1) is 21.3. The molecule has 0 aromatic carbocycles. The van der Waals surface area contributed by atoms with Crippen LogP contribution >= 0.6 is 0 Å². The lowest BCUT2D eigenvalue weighted by molar-refractivity contribution is -0.137. The minimum Gasteiger partial charge on any atom is -0.481 e. The van der Waals surface area contributed by atoms with E-state index in [4.69, 9.17) is 0 Å². The van der Waals surface area contributed by atoms with Crippen LogP contribution in [0.15, 0.2) is 17.8 Å². The number of H-pyrrole nitrogens is 1. The van der Waals surface area contributed by atoms with Crippen molar-refractivity contribution < 1.29 is 9.90 Å². The van der Waals surface area contributed by atoms with Gasteiger partial charge in [0.15, 0.2) is 0 Å². The minimum absolute atomic E-state index is 0.0358. The Morgan fingerprint density at radius 2 is 2.00 bits per heavy atom. The Kier molecular flexibility index (Phi) is 4.77. The van der Waals surface area contributed by atoms with E-state index in [9.17, 15) is 9.90 Å². The van der Waals surface area contributed by atoms with Crippen LogP contribution in [0.3, 0.4) is 0 Å². The molecule has 2 N–H and O–H groups in total. The fourth-order valence-corrected chi connectivity index (χ4v) is 9.33. The molecule has 4 heteroatoms. The average Bonchev–Trinajstić information content (AvgIpc) is 3.30. The van der Waals surface area contributed by atoms with E-state index < -0.39 is 5.97 Å². The van der Waals surface area contributed by atoms with Crippen molar-refractivity contribution in [2.45, 2.75) is 91.4 Å². The zero-order valence-electron chi connectivity index (χ0n) is 20.0. The summed E-state index contributed by atoms with van der Waals surface area (Å²) in [6, 6.07) is 0. The predicted octanol–water partition coefficient (Wildman–Crippen LogP) is 6.14. The zero-order valence-corrected chi connectivity index (χ0v) is 20.0. The summed E-state index contributed by atoms with van der Waals surface area (Å²) in [4.78, 5) is 11.1. The fourth-order valence-electron chi connectivity index (χ4n) is 9.33. The first-order valence-electron chi connectivity index (χ1n) is 12.5. The molecule has 2 fully saturated rings. The molecule has 0 spiro atoms. The molecule has 1 heterocycles. The summed E-state index contributed by atoms with van der Waals surface area (Å²) >= 11 is 0. The standard InChI is InChI=1S/C27H40N2O2/c1-16(6-11-23(30)31)19-8-9-20-18-7-10-22-25(2,3)24-17(15-28-29-24)14-27(22,5)21(18)12-13-26(19,20)4/h10,15-16,18-21H,6-9,11-14H2,1-5H3,(H,28,29)(H,30,31)/t16-,18+,19-,20+,21+,26-,27-/m1/s1. The Labute approximate surface area is 187 Å². The molecule has 0 unspecified atom stereocenters. The lowest BCUT2D eigenvalue weighted by atomic mass is 9.44. The molecule has 0 saturated heterocycles. The van der Waals surface area contributed by atoms with E-state index in [0.29, 0.717) is 23.7 Å². The van der Waals surface area contributed by atoms with Crippen LogP contribution in [0.25, 0.3) is 0 Å². The molecular formula is C27H40N2O2. The van der Waals surface area contributed by atoms with Gasteiger partial charge >= 0.3 is 5.97 Å². The van der Waals surface area contributed by atoms with Gasteiger partial charge in [-0.1, -0.05) is 46.3 Å². The van der Waals surface area contributed by atoms with Gasteiger partial charge in [0.2, 0.25) is 0 Å². The summed E-state index contributed by atoms with van der Waals surface area (Å²) in [6.07, 6.45) is 13.4. The van der Waals surface area contributed by atoms with E-state index in [-0.39, 0.29) is 10.8 Å². The number of fused-ring (bicyclic) bond motifs is 6. The summed E-state index contributed by atoms with van der Waals surface area (Å²) in [6.45, 7) is 12.2. The number of hydrogen-bond donors (Lipinski definition) is 2. The number of carbonyl (C=O) groups is 1. The molecule has 2 saturated carbocycles. The summed E-state index contributed by atoms with van der Waals surface area (Å²) in [7, 11) is 0. The van der Waals surface area contributed by atoms with E-state index in [1.54, 1.807) is 5.57 Å². The monoisotopic (exact) mass is 424 g/mol. The van der Waals surface area contributed by atoms with Gasteiger partial charge in [-0.25, -0.2) is 0 Å². The molecule has 5 rings (SSSR count). The quantitative estimate of drug-likeness (QED) is 0.571. The maximum atomic E-state index is 11.1. The highest BCUT2D eigenvalue weighted by Crippen LogP contribution is 2.68. The molecule has 31 heavy (non-hydrogen) atoms. The first-order valence-corrected chi connectivity index (χ1v) is 12.5. The number of allylic oxidation sites excluding steroid dienone is 2.